The lowest BCUT2D eigenvalue weighted by molar-refractivity contribution is 0.509. The lowest BCUT2D eigenvalue weighted by Gasteiger charge is -2.16. The number of H-pyrrole nitrogens is 1. The molecule has 1 rings (SSSR count). The van der Waals surface area contributed by atoms with E-state index in [9.17, 15) is 0 Å². The van der Waals surface area contributed by atoms with Crippen molar-refractivity contribution in [1.29, 1.82) is 0 Å². The van der Waals surface area contributed by atoms with Gasteiger partial charge >= 0.3 is 0 Å². The highest BCUT2D eigenvalue weighted by Gasteiger charge is 2.12. The van der Waals surface area contributed by atoms with Crippen LogP contribution in [0.15, 0.2) is 6.07 Å². The fourth-order valence-corrected chi connectivity index (χ4v) is 0.961. The van der Waals surface area contributed by atoms with E-state index in [4.69, 9.17) is 11.5 Å². The number of aromatic nitrogens is 2. The third kappa shape index (κ3) is 2.59. The maximum atomic E-state index is 5.79. The van der Waals surface area contributed by atoms with Crippen LogP contribution >= 0.6 is 0 Å². The van der Waals surface area contributed by atoms with Gasteiger partial charge in [0.15, 0.2) is 0 Å². The van der Waals surface area contributed by atoms with Crippen LogP contribution in [0.5, 0.6) is 0 Å². The summed E-state index contributed by atoms with van der Waals surface area (Å²) in [5.41, 5.74) is 12.0. The van der Waals surface area contributed by atoms with Gasteiger partial charge in [-0.2, -0.15) is 5.10 Å². The van der Waals surface area contributed by atoms with Gasteiger partial charge in [0.25, 0.3) is 0 Å². The van der Waals surface area contributed by atoms with Crippen molar-refractivity contribution in [2.45, 2.75) is 25.8 Å². The molecule has 0 fully saturated rings. The Labute approximate surface area is 66.0 Å². The van der Waals surface area contributed by atoms with Crippen LogP contribution < -0.4 is 11.5 Å². The van der Waals surface area contributed by atoms with Crippen molar-refractivity contribution in [1.82, 2.24) is 10.2 Å². The Balaban J connectivity index is 2.65. The zero-order valence-corrected chi connectivity index (χ0v) is 6.89. The second-order valence-corrected chi connectivity index (χ2v) is 3.48. The number of nitrogens with one attached hydrogen (secondary N) is 1. The van der Waals surface area contributed by atoms with Crippen LogP contribution in [0.3, 0.4) is 0 Å². The molecule has 0 aliphatic heterocycles. The smallest absolute Gasteiger partial charge is 0.145 e. The highest BCUT2D eigenvalue weighted by molar-refractivity contribution is 5.28. The van der Waals surface area contributed by atoms with Crippen LogP contribution in [0.25, 0.3) is 0 Å². The van der Waals surface area contributed by atoms with Gasteiger partial charge in [-0.1, -0.05) is 0 Å². The van der Waals surface area contributed by atoms with Gasteiger partial charge in [0, 0.05) is 23.7 Å². The topological polar surface area (TPSA) is 80.7 Å². The predicted octanol–water partition coefficient (Wildman–Crippen LogP) is 0.272. The standard InChI is InChI=1S/C7H14N4/c1-7(2,9)4-5-3-6(8)11-10-5/h3H,4,9H2,1-2H3,(H3,8,10,11). The second kappa shape index (κ2) is 2.54. The maximum absolute atomic E-state index is 5.79. The molecule has 0 saturated carbocycles. The van der Waals surface area contributed by atoms with Gasteiger partial charge in [-0.25, -0.2) is 0 Å². The van der Waals surface area contributed by atoms with E-state index in [0.29, 0.717) is 5.82 Å². The summed E-state index contributed by atoms with van der Waals surface area (Å²) in [5.74, 6) is 0.518. The molecule has 0 atom stereocenters. The molecule has 0 saturated heterocycles. The summed E-state index contributed by atoms with van der Waals surface area (Å²) in [4.78, 5) is 0. The highest BCUT2D eigenvalue weighted by atomic mass is 15.2. The molecule has 0 aliphatic carbocycles. The molecular formula is C7H14N4. The van der Waals surface area contributed by atoms with Gasteiger partial charge in [0.05, 0.1) is 0 Å². The number of aromatic amines is 1. The van der Waals surface area contributed by atoms with Crippen LogP contribution in [-0.4, -0.2) is 15.7 Å². The molecule has 0 bridgehead atoms. The first kappa shape index (κ1) is 8.07. The summed E-state index contributed by atoms with van der Waals surface area (Å²) in [7, 11) is 0. The average molecular weight is 154 g/mol. The third-order valence-electron chi connectivity index (χ3n) is 1.30. The number of nitrogens with zero attached hydrogens (tertiary/aromatic N) is 1. The molecule has 5 N–H and O–H groups in total. The summed E-state index contributed by atoms with van der Waals surface area (Å²) in [6, 6.07) is 1.80. The summed E-state index contributed by atoms with van der Waals surface area (Å²) >= 11 is 0. The molecule has 1 aromatic rings. The zero-order valence-electron chi connectivity index (χ0n) is 6.89. The number of nitrogen functional groups attached to an aromatic ring is 1. The Bertz CT molecular complexity index is 233. The summed E-state index contributed by atoms with van der Waals surface area (Å²) in [6.45, 7) is 3.92. The summed E-state index contributed by atoms with van der Waals surface area (Å²) in [6.07, 6.45) is 0.761. The quantitative estimate of drug-likeness (QED) is 0.572. The molecule has 1 heterocycles. The fraction of sp³-hybridized carbons (Fsp3) is 0.571. The van der Waals surface area contributed by atoms with Gasteiger partial charge in [0.1, 0.15) is 5.82 Å². The van der Waals surface area contributed by atoms with Crippen molar-refractivity contribution in [2.24, 2.45) is 5.73 Å². The van der Waals surface area contributed by atoms with E-state index < -0.39 is 0 Å². The maximum Gasteiger partial charge on any atom is 0.145 e. The van der Waals surface area contributed by atoms with Gasteiger partial charge in [-0.05, 0) is 13.8 Å². The number of hydrogen-bond acceptors (Lipinski definition) is 3. The molecule has 4 heteroatoms. The lowest BCUT2D eigenvalue weighted by Crippen LogP contribution is -2.34. The lowest BCUT2D eigenvalue weighted by atomic mass is 10.0. The van der Waals surface area contributed by atoms with Crippen molar-refractivity contribution in [3.63, 3.8) is 0 Å². The summed E-state index contributed by atoms with van der Waals surface area (Å²) in [5, 5.41) is 6.60. The van der Waals surface area contributed by atoms with E-state index in [2.05, 4.69) is 10.2 Å². The van der Waals surface area contributed by atoms with Crippen LogP contribution in [0.4, 0.5) is 5.82 Å². The van der Waals surface area contributed by atoms with Crippen LogP contribution in [0.1, 0.15) is 19.5 Å². The third-order valence-corrected chi connectivity index (χ3v) is 1.30. The van der Waals surface area contributed by atoms with Crippen LogP contribution in [0, 0.1) is 0 Å². The van der Waals surface area contributed by atoms with Gasteiger partial charge in [-0.3, -0.25) is 5.10 Å². The molecule has 0 aliphatic rings. The number of nitrogens with two attached hydrogens (primary N) is 2. The van der Waals surface area contributed by atoms with E-state index in [-0.39, 0.29) is 5.54 Å². The first-order valence-electron chi connectivity index (χ1n) is 3.56. The molecule has 4 nitrogen and oxygen atoms in total. The second-order valence-electron chi connectivity index (χ2n) is 3.48. The molecule has 0 radical (unpaired) electrons. The Morgan fingerprint density at radius 1 is 1.64 bits per heavy atom. The van der Waals surface area contributed by atoms with Crippen molar-refractivity contribution in [3.05, 3.63) is 11.8 Å². The Morgan fingerprint density at radius 2 is 2.27 bits per heavy atom. The Morgan fingerprint density at radius 3 is 2.64 bits per heavy atom. The van der Waals surface area contributed by atoms with E-state index in [1.165, 1.54) is 0 Å². The minimum atomic E-state index is -0.209. The molecule has 0 aromatic carbocycles. The van der Waals surface area contributed by atoms with Gasteiger partial charge in [0.2, 0.25) is 0 Å². The van der Waals surface area contributed by atoms with Crippen LogP contribution in [-0.2, 0) is 6.42 Å². The summed E-state index contributed by atoms with van der Waals surface area (Å²) < 4.78 is 0. The SMILES string of the molecule is CC(C)(N)Cc1cc(N)n[nH]1. The Hall–Kier alpha value is -1.03. The first-order valence-corrected chi connectivity index (χ1v) is 3.56. The number of rotatable bonds is 2. The molecule has 1 aromatic heterocycles. The van der Waals surface area contributed by atoms with Crippen molar-refractivity contribution in [2.75, 3.05) is 5.73 Å². The van der Waals surface area contributed by atoms with Gasteiger partial charge < -0.3 is 11.5 Å². The van der Waals surface area contributed by atoms with E-state index in [1.807, 2.05) is 13.8 Å². The number of anilines is 1. The van der Waals surface area contributed by atoms with E-state index >= 15 is 0 Å². The zero-order chi connectivity index (χ0) is 8.48. The van der Waals surface area contributed by atoms with Crippen molar-refractivity contribution in [3.8, 4) is 0 Å². The van der Waals surface area contributed by atoms with E-state index in [1.54, 1.807) is 6.07 Å². The van der Waals surface area contributed by atoms with Crippen molar-refractivity contribution >= 4 is 5.82 Å². The molecule has 0 unspecified atom stereocenters. The molecule has 11 heavy (non-hydrogen) atoms. The largest absolute Gasteiger partial charge is 0.382 e. The van der Waals surface area contributed by atoms with Gasteiger partial charge in [-0.15, -0.1) is 0 Å². The molecule has 0 amide bonds. The van der Waals surface area contributed by atoms with Crippen LogP contribution in [0.2, 0.25) is 0 Å². The number of hydrogen-bond donors (Lipinski definition) is 3. The average Bonchev–Trinajstić information content (AvgIpc) is 2.10. The minimum Gasteiger partial charge on any atom is -0.382 e. The highest BCUT2D eigenvalue weighted by Crippen LogP contribution is 2.08. The van der Waals surface area contributed by atoms with Crippen molar-refractivity contribution < 1.29 is 0 Å². The normalized spacial score (nSPS) is 11.9. The monoisotopic (exact) mass is 154 g/mol. The Kier molecular flexibility index (Phi) is 1.87. The fourth-order valence-electron chi connectivity index (χ4n) is 0.961. The molecular weight excluding hydrogens is 140 g/mol. The first-order chi connectivity index (χ1) is 4.97. The molecule has 62 valence electrons. The van der Waals surface area contributed by atoms with E-state index in [0.717, 1.165) is 12.1 Å². The minimum absolute atomic E-state index is 0.209. The molecule has 0 spiro atoms. The predicted molar refractivity (Wildman–Crippen MR) is 45.0 cm³/mol.